The number of amides is 1. The second kappa shape index (κ2) is 12.0. The average molecular weight is 465 g/mol. The van der Waals surface area contributed by atoms with Gasteiger partial charge in [0.2, 0.25) is 12.2 Å². The first-order valence-electron chi connectivity index (χ1n) is 10.2. The maximum absolute atomic E-state index is 12.6. The van der Waals surface area contributed by atoms with Crippen LogP contribution in [0.3, 0.4) is 0 Å². The predicted molar refractivity (Wildman–Crippen MR) is 110 cm³/mol. The SMILES string of the molecule is CC(=O)N[C@@H]1[C@H](OC(=O)Cc2ccccc2)O[C@H](COC(C)=O)[C@H](OC(C)=O)[C@H]1OC(C)=O. The van der Waals surface area contributed by atoms with Gasteiger partial charge in [0.15, 0.2) is 12.2 Å². The summed E-state index contributed by atoms with van der Waals surface area (Å²) in [6, 6.07) is 7.57. The summed E-state index contributed by atoms with van der Waals surface area (Å²) in [5.41, 5.74) is 0.681. The van der Waals surface area contributed by atoms with E-state index < -0.39 is 60.4 Å². The number of carbonyl (C=O) groups is 5. The van der Waals surface area contributed by atoms with Crippen LogP contribution in [0.25, 0.3) is 0 Å². The zero-order valence-electron chi connectivity index (χ0n) is 18.8. The highest BCUT2D eigenvalue weighted by atomic mass is 16.7. The van der Waals surface area contributed by atoms with Crippen molar-refractivity contribution >= 4 is 29.8 Å². The molecule has 1 amide bonds. The molecule has 1 N–H and O–H groups in total. The summed E-state index contributed by atoms with van der Waals surface area (Å²) < 4.78 is 26.9. The normalized spacial score (nSPS) is 24.2. The zero-order chi connectivity index (χ0) is 24.5. The van der Waals surface area contributed by atoms with Crippen LogP contribution in [0.4, 0.5) is 0 Å². The van der Waals surface area contributed by atoms with E-state index >= 15 is 0 Å². The largest absolute Gasteiger partial charge is 0.463 e. The summed E-state index contributed by atoms with van der Waals surface area (Å²) in [5.74, 6) is -3.32. The maximum Gasteiger partial charge on any atom is 0.312 e. The topological polar surface area (TPSA) is 144 Å². The lowest BCUT2D eigenvalue weighted by molar-refractivity contribution is -0.271. The summed E-state index contributed by atoms with van der Waals surface area (Å²) in [6.07, 6.45) is -5.22. The lowest BCUT2D eigenvalue weighted by Gasteiger charge is -2.44. The standard InChI is InChI=1S/C22H27NO10/c1-12(24)23-19-21(31-15(4)27)20(30-14(3)26)17(11-29-13(2)25)32-22(19)33-18(28)10-16-8-6-5-7-9-16/h5-9,17,19-22H,10-11H2,1-4H3,(H,23,24)/t17-,19+,20+,21+,22+/m1/s1. The van der Waals surface area contributed by atoms with Gasteiger partial charge in [-0.2, -0.15) is 0 Å². The molecule has 0 aliphatic carbocycles. The third-order valence-corrected chi connectivity index (χ3v) is 4.51. The Hall–Kier alpha value is -3.47. The van der Waals surface area contributed by atoms with Crippen LogP contribution in [-0.2, 0) is 54.1 Å². The van der Waals surface area contributed by atoms with Gasteiger partial charge in [0, 0.05) is 27.7 Å². The highest BCUT2D eigenvalue weighted by molar-refractivity contribution is 5.75. The first kappa shape index (κ1) is 25.8. The van der Waals surface area contributed by atoms with Gasteiger partial charge >= 0.3 is 23.9 Å². The Kier molecular flexibility index (Phi) is 9.34. The van der Waals surface area contributed by atoms with Crippen LogP contribution in [0.15, 0.2) is 30.3 Å². The molecule has 0 aromatic heterocycles. The van der Waals surface area contributed by atoms with E-state index in [1.54, 1.807) is 30.3 Å². The first-order chi connectivity index (χ1) is 15.6. The van der Waals surface area contributed by atoms with Gasteiger partial charge < -0.3 is 29.0 Å². The van der Waals surface area contributed by atoms with Crippen molar-refractivity contribution in [1.29, 1.82) is 0 Å². The Morgan fingerprint density at radius 1 is 0.848 bits per heavy atom. The molecule has 1 saturated heterocycles. The Morgan fingerprint density at radius 3 is 2.00 bits per heavy atom. The molecule has 1 fully saturated rings. The van der Waals surface area contributed by atoms with Gasteiger partial charge in [-0.3, -0.25) is 24.0 Å². The minimum atomic E-state index is -1.43. The fourth-order valence-corrected chi connectivity index (χ4v) is 3.33. The van der Waals surface area contributed by atoms with Crippen LogP contribution in [0.2, 0.25) is 0 Å². The minimum Gasteiger partial charge on any atom is -0.463 e. The number of esters is 4. The van der Waals surface area contributed by atoms with Crippen LogP contribution in [0, 0.1) is 0 Å². The minimum absolute atomic E-state index is 0.0896. The summed E-state index contributed by atoms with van der Waals surface area (Å²) >= 11 is 0. The van der Waals surface area contributed by atoms with Crippen LogP contribution in [0.5, 0.6) is 0 Å². The van der Waals surface area contributed by atoms with Crippen molar-refractivity contribution in [2.75, 3.05) is 6.61 Å². The molecular formula is C22H27NO10. The first-order valence-corrected chi connectivity index (χ1v) is 10.2. The van der Waals surface area contributed by atoms with E-state index in [2.05, 4.69) is 5.32 Å². The van der Waals surface area contributed by atoms with Crippen molar-refractivity contribution in [3.05, 3.63) is 35.9 Å². The molecule has 1 aromatic carbocycles. The Morgan fingerprint density at radius 2 is 1.45 bits per heavy atom. The second-order valence-electron chi connectivity index (χ2n) is 7.37. The molecule has 33 heavy (non-hydrogen) atoms. The maximum atomic E-state index is 12.6. The number of ether oxygens (including phenoxy) is 5. The summed E-state index contributed by atoms with van der Waals surface area (Å²) in [6.45, 7) is 4.25. The van der Waals surface area contributed by atoms with Crippen LogP contribution < -0.4 is 5.32 Å². The predicted octanol–water partition coefficient (Wildman–Crippen LogP) is 0.428. The van der Waals surface area contributed by atoms with E-state index in [-0.39, 0.29) is 13.0 Å². The van der Waals surface area contributed by atoms with E-state index in [0.29, 0.717) is 5.56 Å². The van der Waals surface area contributed by atoms with E-state index in [1.807, 2.05) is 0 Å². The van der Waals surface area contributed by atoms with Crippen LogP contribution in [-0.4, -0.2) is 67.0 Å². The molecule has 2 rings (SSSR count). The Labute approximate surface area is 190 Å². The molecule has 0 bridgehead atoms. The van der Waals surface area contributed by atoms with Crippen LogP contribution >= 0.6 is 0 Å². The van der Waals surface area contributed by atoms with Gasteiger partial charge in [0.1, 0.15) is 18.8 Å². The molecule has 5 atom stereocenters. The van der Waals surface area contributed by atoms with Gasteiger partial charge in [-0.25, -0.2) is 0 Å². The van der Waals surface area contributed by atoms with Crippen LogP contribution in [0.1, 0.15) is 33.3 Å². The van der Waals surface area contributed by atoms with Crippen molar-refractivity contribution in [2.45, 2.75) is 64.8 Å². The van der Waals surface area contributed by atoms with Gasteiger partial charge in [-0.1, -0.05) is 30.3 Å². The molecule has 0 saturated carbocycles. The number of nitrogens with one attached hydrogen (secondary N) is 1. The van der Waals surface area contributed by atoms with E-state index in [4.69, 9.17) is 23.7 Å². The number of rotatable bonds is 8. The molecule has 11 nitrogen and oxygen atoms in total. The third kappa shape index (κ3) is 8.19. The Bertz CT molecular complexity index is 871. The number of hydrogen-bond donors (Lipinski definition) is 1. The second-order valence-corrected chi connectivity index (χ2v) is 7.37. The van der Waals surface area contributed by atoms with E-state index in [9.17, 15) is 24.0 Å². The van der Waals surface area contributed by atoms with Crippen molar-refractivity contribution in [3.63, 3.8) is 0 Å². The quantitative estimate of drug-likeness (QED) is 0.424. The molecule has 1 aromatic rings. The monoisotopic (exact) mass is 465 g/mol. The van der Waals surface area contributed by atoms with Gasteiger partial charge in [0.25, 0.3) is 0 Å². The van der Waals surface area contributed by atoms with Crippen molar-refractivity contribution in [3.8, 4) is 0 Å². The highest BCUT2D eigenvalue weighted by Gasteiger charge is 2.52. The Balaban J connectivity index is 2.35. The highest BCUT2D eigenvalue weighted by Crippen LogP contribution is 2.28. The summed E-state index contributed by atoms with van der Waals surface area (Å²) in [5, 5.41) is 2.53. The van der Waals surface area contributed by atoms with E-state index in [1.165, 1.54) is 13.8 Å². The number of hydrogen-bond acceptors (Lipinski definition) is 10. The van der Waals surface area contributed by atoms with Gasteiger partial charge in [-0.05, 0) is 5.56 Å². The zero-order valence-corrected chi connectivity index (χ0v) is 18.8. The lowest BCUT2D eigenvalue weighted by atomic mass is 9.96. The molecule has 0 unspecified atom stereocenters. The molecule has 1 aliphatic heterocycles. The van der Waals surface area contributed by atoms with Crippen molar-refractivity contribution in [1.82, 2.24) is 5.32 Å². The molecule has 180 valence electrons. The number of benzene rings is 1. The number of carbonyl (C=O) groups excluding carboxylic acids is 5. The van der Waals surface area contributed by atoms with E-state index in [0.717, 1.165) is 13.8 Å². The molecule has 0 spiro atoms. The average Bonchev–Trinajstić information content (AvgIpc) is 2.70. The fourth-order valence-electron chi connectivity index (χ4n) is 3.33. The smallest absolute Gasteiger partial charge is 0.312 e. The third-order valence-electron chi connectivity index (χ3n) is 4.51. The van der Waals surface area contributed by atoms with Crippen molar-refractivity contribution < 1.29 is 47.7 Å². The lowest BCUT2D eigenvalue weighted by Crippen LogP contribution is -2.66. The summed E-state index contributed by atoms with van der Waals surface area (Å²) in [4.78, 5) is 59.3. The van der Waals surface area contributed by atoms with Gasteiger partial charge in [-0.15, -0.1) is 0 Å². The van der Waals surface area contributed by atoms with Crippen molar-refractivity contribution in [2.24, 2.45) is 0 Å². The molecular weight excluding hydrogens is 438 g/mol. The summed E-state index contributed by atoms with van der Waals surface area (Å²) in [7, 11) is 0. The van der Waals surface area contributed by atoms with Gasteiger partial charge in [0.05, 0.1) is 6.42 Å². The molecule has 1 heterocycles. The molecule has 11 heteroatoms. The molecule has 1 aliphatic rings. The fraction of sp³-hybridized carbons (Fsp3) is 0.500. The molecule has 0 radical (unpaired) electrons.